The molecule has 5 nitrogen and oxygen atoms in total. The summed E-state index contributed by atoms with van der Waals surface area (Å²) in [6.07, 6.45) is 5.58. The van der Waals surface area contributed by atoms with Crippen LogP contribution >= 0.6 is 0 Å². The molecule has 0 unspecified atom stereocenters. The van der Waals surface area contributed by atoms with E-state index < -0.39 is 0 Å². The number of anilines is 2. The second-order valence-electron chi connectivity index (χ2n) is 6.42. The molecule has 2 aromatic carbocycles. The molecule has 0 aliphatic carbocycles. The SMILES string of the molecule is C/C=C/C(=O)OCc1cccc(Cc2nc(Nc3ccccc3)ncc2C)c1. The molecule has 0 aliphatic heterocycles. The van der Waals surface area contributed by atoms with Crippen LogP contribution in [0.3, 0.4) is 0 Å². The average Bonchev–Trinajstić information content (AvgIpc) is 2.70. The van der Waals surface area contributed by atoms with E-state index in [9.17, 15) is 4.79 Å². The fourth-order valence-corrected chi connectivity index (χ4v) is 2.73. The number of ether oxygens (including phenoxy) is 1. The second-order valence-corrected chi connectivity index (χ2v) is 6.42. The Bertz CT molecular complexity index is 969. The molecule has 3 aromatic rings. The Morgan fingerprint density at radius 1 is 1.11 bits per heavy atom. The Kier molecular flexibility index (Phi) is 6.52. The van der Waals surface area contributed by atoms with Crippen LogP contribution in [-0.2, 0) is 22.6 Å². The monoisotopic (exact) mass is 373 g/mol. The second kappa shape index (κ2) is 9.46. The van der Waals surface area contributed by atoms with E-state index in [0.717, 1.165) is 28.1 Å². The number of esters is 1. The maximum Gasteiger partial charge on any atom is 0.330 e. The maximum absolute atomic E-state index is 11.5. The lowest BCUT2D eigenvalue weighted by atomic mass is 10.0. The van der Waals surface area contributed by atoms with Crippen molar-refractivity contribution in [3.8, 4) is 0 Å². The van der Waals surface area contributed by atoms with E-state index in [1.54, 1.807) is 13.0 Å². The van der Waals surface area contributed by atoms with Crippen molar-refractivity contribution in [2.24, 2.45) is 0 Å². The van der Waals surface area contributed by atoms with Gasteiger partial charge in [0.15, 0.2) is 0 Å². The maximum atomic E-state index is 11.5. The standard InChI is InChI=1S/C23H23N3O2/c1-3-8-22(27)28-16-19-10-7-9-18(13-19)14-21-17(2)15-24-23(26-21)25-20-11-5-4-6-12-20/h3-13,15H,14,16H2,1-2H3,(H,24,25,26)/b8-3+. The zero-order valence-corrected chi connectivity index (χ0v) is 16.1. The Balaban J connectivity index is 1.71. The zero-order chi connectivity index (χ0) is 19.8. The molecular formula is C23H23N3O2. The van der Waals surface area contributed by atoms with Crippen molar-refractivity contribution in [2.75, 3.05) is 5.32 Å². The highest BCUT2D eigenvalue weighted by Gasteiger charge is 2.07. The quantitative estimate of drug-likeness (QED) is 0.479. The number of nitrogens with zero attached hydrogens (tertiary/aromatic N) is 2. The van der Waals surface area contributed by atoms with Crippen LogP contribution < -0.4 is 5.32 Å². The summed E-state index contributed by atoms with van der Waals surface area (Å²) >= 11 is 0. The van der Waals surface area contributed by atoms with Crippen LogP contribution in [0.25, 0.3) is 0 Å². The predicted molar refractivity (Wildman–Crippen MR) is 110 cm³/mol. The number of benzene rings is 2. The molecule has 0 amide bonds. The molecule has 5 heteroatoms. The Morgan fingerprint density at radius 2 is 1.89 bits per heavy atom. The summed E-state index contributed by atoms with van der Waals surface area (Å²) in [4.78, 5) is 20.5. The van der Waals surface area contributed by atoms with Gasteiger partial charge < -0.3 is 10.1 Å². The van der Waals surface area contributed by atoms with Gasteiger partial charge in [-0.15, -0.1) is 0 Å². The highest BCUT2D eigenvalue weighted by atomic mass is 16.5. The summed E-state index contributed by atoms with van der Waals surface area (Å²) in [6, 6.07) is 17.8. The fourth-order valence-electron chi connectivity index (χ4n) is 2.73. The van der Waals surface area contributed by atoms with Crippen molar-refractivity contribution in [1.82, 2.24) is 9.97 Å². The van der Waals surface area contributed by atoms with Crippen molar-refractivity contribution in [3.63, 3.8) is 0 Å². The van der Waals surface area contributed by atoms with E-state index in [2.05, 4.69) is 15.3 Å². The van der Waals surface area contributed by atoms with Gasteiger partial charge in [0.25, 0.3) is 0 Å². The molecule has 0 saturated carbocycles. The number of carbonyl (C=O) groups excluding carboxylic acids is 1. The summed E-state index contributed by atoms with van der Waals surface area (Å²) in [6.45, 7) is 4.04. The number of nitrogens with one attached hydrogen (secondary N) is 1. The van der Waals surface area contributed by atoms with Gasteiger partial charge >= 0.3 is 5.97 Å². The summed E-state index contributed by atoms with van der Waals surface area (Å²) in [7, 11) is 0. The molecule has 0 spiro atoms. The molecule has 0 saturated heterocycles. The van der Waals surface area contributed by atoms with Gasteiger partial charge in [-0.3, -0.25) is 0 Å². The van der Waals surface area contributed by atoms with Gasteiger partial charge in [0.05, 0.1) is 5.69 Å². The van der Waals surface area contributed by atoms with Crippen LogP contribution in [0.5, 0.6) is 0 Å². The molecule has 0 radical (unpaired) electrons. The lowest BCUT2D eigenvalue weighted by Crippen LogP contribution is -2.04. The van der Waals surface area contributed by atoms with Crippen molar-refractivity contribution < 1.29 is 9.53 Å². The van der Waals surface area contributed by atoms with E-state index >= 15 is 0 Å². The van der Waals surface area contributed by atoms with Crippen molar-refractivity contribution in [3.05, 3.63) is 95.3 Å². The molecule has 28 heavy (non-hydrogen) atoms. The first kappa shape index (κ1) is 19.3. The van der Waals surface area contributed by atoms with Crippen LogP contribution in [0.2, 0.25) is 0 Å². The fraction of sp³-hybridized carbons (Fsp3) is 0.174. The van der Waals surface area contributed by atoms with Crippen LogP contribution in [0.1, 0.15) is 29.3 Å². The largest absolute Gasteiger partial charge is 0.458 e. The molecule has 1 N–H and O–H groups in total. The minimum absolute atomic E-state index is 0.251. The molecule has 0 bridgehead atoms. The average molecular weight is 373 g/mol. The Morgan fingerprint density at radius 3 is 2.68 bits per heavy atom. The molecule has 0 fully saturated rings. The molecule has 142 valence electrons. The van der Waals surface area contributed by atoms with Gasteiger partial charge in [0.1, 0.15) is 6.61 Å². The molecule has 3 rings (SSSR count). The number of rotatable bonds is 7. The molecule has 0 aliphatic rings. The van der Waals surface area contributed by atoms with Crippen LogP contribution in [0.15, 0.2) is 72.9 Å². The molecular weight excluding hydrogens is 350 g/mol. The normalized spacial score (nSPS) is 10.8. The number of carbonyl (C=O) groups is 1. The van der Waals surface area contributed by atoms with Gasteiger partial charge in [0.2, 0.25) is 5.95 Å². The van der Waals surface area contributed by atoms with Gasteiger partial charge in [-0.05, 0) is 42.7 Å². The summed E-state index contributed by atoms with van der Waals surface area (Å²) < 4.78 is 5.22. The Hall–Kier alpha value is -3.47. The van der Waals surface area contributed by atoms with Gasteiger partial charge in [-0.2, -0.15) is 0 Å². The van der Waals surface area contributed by atoms with Gasteiger partial charge in [-0.25, -0.2) is 14.8 Å². The van der Waals surface area contributed by atoms with Crippen molar-refractivity contribution >= 4 is 17.6 Å². The number of hydrogen-bond acceptors (Lipinski definition) is 5. The smallest absolute Gasteiger partial charge is 0.330 e. The number of aromatic nitrogens is 2. The third kappa shape index (κ3) is 5.51. The lowest BCUT2D eigenvalue weighted by Gasteiger charge is -2.10. The molecule has 1 heterocycles. The predicted octanol–water partition coefficient (Wildman–Crippen LogP) is 4.74. The third-order valence-corrected chi connectivity index (χ3v) is 4.15. The van der Waals surface area contributed by atoms with E-state index in [0.29, 0.717) is 12.4 Å². The van der Waals surface area contributed by atoms with Crippen molar-refractivity contribution in [2.45, 2.75) is 26.9 Å². The van der Waals surface area contributed by atoms with Gasteiger partial charge in [0, 0.05) is 24.4 Å². The minimum Gasteiger partial charge on any atom is -0.458 e. The molecule has 0 atom stereocenters. The summed E-state index contributed by atoms with van der Waals surface area (Å²) in [5.41, 5.74) is 4.99. The minimum atomic E-state index is -0.337. The Labute approximate surface area is 165 Å². The van der Waals surface area contributed by atoms with E-state index in [-0.39, 0.29) is 12.6 Å². The highest BCUT2D eigenvalue weighted by molar-refractivity contribution is 5.81. The van der Waals surface area contributed by atoms with E-state index in [4.69, 9.17) is 4.74 Å². The summed E-state index contributed by atoms with van der Waals surface area (Å²) in [5.74, 6) is 0.236. The first-order chi connectivity index (χ1) is 13.6. The van der Waals surface area contributed by atoms with Crippen LogP contribution in [0, 0.1) is 6.92 Å². The van der Waals surface area contributed by atoms with Crippen LogP contribution in [0.4, 0.5) is 11.6 Å². The van der Waals surface area contributed by atoms with Crippen LogP contribution in [-0.4, -0.2) is 15.9 Å². The summed E-state index contributed by atoms with van der Waals surface area (Å²) in [5, 5.41) is 3.23. The first-order valence-electron chi connectivity index (χ1n) is 9.16. The zero-order valence-electron chi connectivity index (χ0n) is 16.1. The number of para-hydroxylation sites is 1. The topological polar surface area (TPSA) is 64.1 Å². The van der Waals surface area contributed by atoms with Gasteiger partial charge in [-0.1, -0.05) is 48.5 Å². The van der Waals surface area contributed by atoms with E-state index in [1.165, 1.54) is 6.08 Å². The van der Waals surface area contributed by atoms with E-state index in [1.807, 2.05) is 67.7 Å². The number of allylic oxidation sites excluding steroid dienone is 1. The van der Waals surface area contributed by atoms with Crippen molar-refractivity contribution in [1.29, 1.82) is 0 Å². The molecule has 1 aromatic heterocycles. The lowest BCUT2D eigenvalue weighted by molar-refractivity contribution is -0.139. The first-order valence-corrected chi connectivity index (χ1v) is 9.16. The number of hydrogen-bond donors (Lipinski definition) is 1. The third-order valence-electron chi connectivity index (χ3n) is 4.15. The number of aryl methyl sites for hydroxylation is 1. The highest BCUT2D eigenvalue weighted by Crippen LogP contribution is 2.17.